The highest BCUT2D eigenvalue weighted by Crippen LogP contribution is 2.20. The first kappa shape index (κ1) is 19.3. The summed E-state index contributed by atoms with van der Waals surface area (Å²) < 4.78 is 27.0. The Bertz CT molecular complexity index is 1050. The molecule has 0 saturated carbocycles. The standard InChI is InChI=1S/C18H16ClN3O3S2/c1-12-14(3-2-4-16(12)19)11-21-17(23)13-5-7-15(8-6-13)27(24,25)22-18-20-9-10-26-18/h2-10H,11H2,1H3,(H,20,22)(H,21,23). The molecule has 0 saturated heterocycles. The van der Waals surface area contributed by atoms with Crippen LogP contribution in [-0.2, 0) is 16.6 Å². The maximum absolute atomic E-state index is 12.3. The number of thiazole rings is 1. The zero-order chi connectivity index (χ0) is 19.4. The van der Waals surface area contributed by atoms with E-state index in [1.807, 2.05) is 19.1 Å². The molecule has 140 valence electrons. The first-order chi connectivity index (χ1) is 12.9. The SMILES string of the molecule is Cc1c(Cl)cccc1CNC(=O)c1ccc(S(=O)(=O)Nc2nccs2)cc1. The van der Waals surface area contributed by atoms with Crippen molar-refractivity contribution in [2.24, 2.45) is 0 Å². The maximum Gasteiger partial charge on any atom is 0.263 e. The maximum atomic E-state index is 12.3. The second-order valence-electron chi connectivity index (χ2n) is 5.67. The lowest BCUT2D eigenvalue weighted by Crippen LogP contribution is -2.23. The van der Waals surface area contributed by atoms with Crippen LogP contribution in [0.4, 0.5) is 5.13 Å². The molecular formula is C18H16ClN3O3S2. The van der Waals surface area contributed by atoms with Crippen molar-refractivity contribution in [1.29, 1.82) is 0 Å². The summed E-state index contributed by atoms with van der Waals surface area (Å²) in [5, 5.41) is 5.41. The van der Waals surface area contributed by atoms with E-state index < -0.39 is 10.0 Å². The zero-order valence-corrected chi connectivity index (χ0v) is 16.7. The number of halogens is 1. The molecule has 2 N–H and O–H groups in total. The van der Waals surface area contributed by atoms with Gasteiger partial charge in [-0.05, 0) is 48.4 Å². The molecule has 1 heterocycles. The summed E-state index contributed by atoms with van der Waals surface area (Å²) in [5.41, 5.74) is 2.19. The topological polar surface area (TPSA) is 88.2 Å². The fourth-order valence-corrected chi connectivity index (χ4v) is 4.34. The summed E-state index contributed by atoms with van der Waals surface area (Å²) in [6, 6.07) is 11.2. The van der Waals surface area contributed by atoms with Crippen LogP contribution in [0.3, 0.4) is 0 Å². The zero-order valence-electron chi connectivity index (χ0n) is 14.3. The molecule has 1 amide bonds. The van der Waals surface area contributed by atoms with Crippen LogP contribution >= 0.6 is 22.9 Å². The average molecular weight is 422 g/mol. The number of nitrogens with zero attached hydrogens (tertiary/aromatic N) is 1. The van der Waals surface area contributed by atoms with Gasteiger partial charge >= 0.3 is 0 Å². The Kier molecular flexibility index (Phi) is 5.79. The molecule has 6 nitrogen and oxygen atoms in total. The van der Waals surface area contributed by atoms with E-state index in [1.165, 1.54) is 41.8 Å². The molecule has 2 aromatic carbocycles. The monoisotopic (exact) mass is 421 g/mol. The van der Waals surface area contributed by atoms with Gasteiger partial charge in [-0.2, -0.15) is 0 Å². The molecule has 0 atom stereocenters. The Balaban J connectivity index is 1.67. The summed E-state index contributed by atoms with van der Waals surface area (Å²) in [4.78, 5) is 16.3. The Morgan fingerprint density at radius 1 is 1.19 bits per heavy atom. The molecule has 1 aromatic heterocycles. The Morgan fingerprint density at radius 3 is 2.59 bits per heavy atom. The second-order valence-corrected chi connectivity index (χ2v) is 8.66. The van der Waals surface area contributed by atoms with Gasteiger partial charge in [0, 0.05) is 28.7 Å². The minimum absolute atomic E-state index is 0.0555. The predicted molar refractivity (Wildman–Crippen MR) is 107 cm³/mol. The lowest BCUT2D eigenvalue weighted by atomic mass is 10.1. The molecule has 0 fully saturated rings. The van der Waals surface area contributed by atoms with Crippen molar-refractivity contribution in [2.75, 3.05) is 4.72 Å². The molecule has 0 radical (unpaired) electrons. The quantitative estimate of drug-likeness (QED) is 0.633. The molecule has 0 unspecified atom stereocenters. The lowest BCUT2D eigenvalue weighted by molar-refractivity contribution is 0.0951. The van der Waals surface area contributed by atoms with Crippen LogP contribution in [0.15, 0.2) is 58.9 Å². The van der Waals surface area contributed by atoms with Crippen molar-refractivity contribution in [3.05, 3.63) is 75.8 Å². The van der Waals surface area contributed by atoms with Crippen molar-refractivity contribution in [3.63, 3.8) is 0 Å². The van der Waals surface area contributed by atoms with Crippen LogP contribution < -0.4 is 10.0 Å². The molecule has 0 spiro atoms. The van der Waals surface area contributed by atoms with Gasteiger partial charge < -0.3 is 5.32 Å². The number of benzene rings is 2. The normalized spacial score (nSPS) is 11.2. The van der Waals surface area contributed by atoms with Gasteiger partial charge in [0.25, 0.3) is 15.9 Å². The molecule has 0 aliphatic heterocycles. The summed E-state index contributed by atoms with van der Waals surface area (Å²) in [6.07, 6.45) is 1.51. The van der Waals surface area contributed by atoms with Gasteiger partial charge in [-0.1, -0.05) is 23.7 Å². The minimum Gasteiger partial charge on any atom is -0.348 e. The van der Waals surface area contributed by atoms with Gasteiger partial charge in [0.05, 0.1) is 4.90 Å². The summed E-state index contributed by atoms with van der Waals surface area (Å²) in [6.45, 7) is 2.22. The highest BCUT2D eigenvalue weighted by molar-refractivity contribution is 7.93. The molecular weight excluding hydrogens is 406 g/mol. The third kappa shape index (κ3) is 4.65. The highest BCUT2D eigenvalue weighted by atomic mass is 35.5. The number of anilines is 1. The molecule has 3 rings (SSSR count). The highest BCUT2D eigenvalue weighted by Gasteiger charge is 2.16. The number of rotatable bonds is 6. The molecule has 0 bridgehead atoms. The van der Waals surface area contributed by atoms with Gasteiger partial charge in [0.1, 0.15) is 0 Å². The van der Waals surface area contributed by atoms with E-state index >= 15 is 0 Å². The van der Waals surface area contributed by atoms with Gasteiger partial charge in [-0.15, -0.1) is 11.3 Å². The van der Waals surface area contributed by atoms with Crippen LogP contribution in [0.25, 0.3) is 0 Å². The first-order valence-electron chi connectivity index (χ1n) is 7.91. The Labute approximate surface area is 166 Å². The molecule has 3 aromatic rings. The van der Waals surface area contributed by atoms with E-state index in [-0.39, 0.29) is 15.9 Å². The van der Waals surface area contributed by atoms with E-state index in [2.05, 4.69) is 15.0 Å². The fraction of sp³-hybridized carbons (Fsp3) is 0.111. The number of amides is 1. The number of hydrogen-bond acceptors (Lipinski definition) is 5. The van der Waals surface area contributed by atoms with Gasteiger partial charge in [0.15, 0.2) is 5.13 Å². The number of nitrogens with one attached hydrogen (secondary N) is 2. The van der Waals surface area contributed by atoms with Crippen molar-refractivity contribution in [2.45, 2.75) is 18.4 Å². The van der Waals surface area contributed by atoms with Crippen LogP contribution in [0.1, 0.15) is 21.5 Å². The third-order valence-electron chi connectivity index (χ3n) is 3.90. The summed E-state index contributed by atoms with van der Waals surface area (Å²) in [7, 11) is -3.74. The molecule has 27 heavy (non-hydrogen) atoms. The van der Waals surface area contributed by atoms with Crippen LogP contribution in [0, 0.1) is 6.92 Å². The smallest absolute Gasteiger partial charge is 0.263 e. The molecule has 9 heteroatoms. The van der Waals surface area contributed by atoms with Crippen molar-refractivity contribution in [3.8, 4) is 0 Å². The van der Waals surface area contributed by atoms with E-state index in [9.17, 15) is 13.2 Å². The van der Waals surface area contributed by atoms with Gasteiger partial charge in [-0.25, -0.2) is 13.4 Å². The lowest BCUT2D eigenvalue weighted by Gasteiger charge is -2.10. The van der Waals surface area contributed by atoms with Crippen LogP contribution in [-0.4, -0.2) is 19.3 Å². The van der Waals surface area contributed by atoms with E-state index in [0.717, 1.165) is 11.1 Å². The van der Waals surface area contributed by atoms with E-state index in [1.54, 1.807) is 11.4 Å². The van der Waals surface area contributed by atoms with Crippen LogP contribution in [0.5, 0.6) is 0 Å². The Morgan fingerprint density at radius 2 is 1.93 bits per heavy atom. The number of carbonyl (C=O) groups is 1. The average Bonchev–Trinajstić information content (AvgIpc) is 3.15. The van der Waals surface area contributed by atoms with E-state index in [0.29, 0.717) is 17.1 Å². The summed E-state index contributed by atoms with van der Waals surface area (Å²) in [5.74, 6) is -0.300. The first-order valence-corrected chi connectivity index (χ1v) is 10.7. The van der Waals surface area contributed by atoms with Crippen molar-refractivity contribution in [1.82, 2.24) is 10.3 Å². The minimum atomic E-state index is -3.74. The van der Waals surface area contributed by atoms with Crippen LogP contribution in [0.2, 0.25) is 5.02 Å². The molecule has 0 aliphatic rings. The second kappa shape index (κ2) is 8.08. The number of aromatic nitrogens is 1. The fourth-order valence-electron chi connectivity index (χ4n) is 2.35. The largest absolute Gasteiger partial charge is 0.348 e. The molecule has 0 aliphatic carbocycles. The van der Waals surface area contributed by atoms with Crippen molar-refractivity contribution < 1.29 is 13.2 Å². The Hall–Kier alpha value is -2.42. The summed E-state index contributed by atoms with van der Waals surface area (Å²) >= 11 is 7.26. The third-order valence-corrected chi connectivity index (χ3v) is 6.48. The number of sulfonamides is 1. The van der Waals surface area contributed by atoms with Gasteiger partial charge in [-0.3, -0.25) is 9.52 Å². The van der Waals surface area contributed by atoms with Gasteiger partial charge in [0.2, 0.25) is 0 Å². The van der Waals surface area contributed by atoms with Crippen molar-refractivity contribution >= 4 is 44.0 Å². The number of hydrogen-bond donors (Lipinski definition) is 2. The number of carbonyl (C=O) groups excluding carboxylic acids is 1. The predicted octanol–water partition coefficient (Wildman–Crippen LogP) is 3.84. The van der Waals surface area contributed by atoms with E-state index in [4.69, 9.17) is 11.6 Å².